The summed E-state index contributed by atoms with van der Waals surface area (Å²) < 4.78 is 0. The van der Waals surface area contributed by atoms with E-state index < -0.39 is 0 Å². The summed E-state index contributed by atoms with van der Waals surface area (Å²) in [7, 11) is 0. The molecule has 0 saturated carbocycles. The van der Waals surface area contributed by atoms with E-state index in [1.165, 1.54) is 0 Å². The quantitative estimate of drug-likeness (QED) is 0.751. The van der Waals surface area contributed by atoms with Gasteiger partial charge in [0.15, 0.2) is 0 Å². The molecule has 0 spiro atoms. The molecule has 0 saturated heterocycles. The van der Waals surface area contributed by atoms with Crippen LogP contribution in [0.25, 0.3) is 0 Å². The minimum absolute atomic E-state index is 0.254. The lowest BCUT2D eigenvalue weighted by molar-refractivity contribution is 0.474. The van der Waals surface area contributed by atoms with Crippen LogP contribution in [0, 0.1) is 0 Å². The topological polar surface area (TPSA) is 20.2 Å². The molecule has 1 rings (SSSR count). The van der Waals surface area contributed by atoms with Crippen LogP contribution in [0.2, 0.25) is 5.02 Å². The number of aryl methyl sites for hydroxylation is 1. The van der Waals surface area contributed by atoms with Crippen LogP contribution in [-0.2, 0) is 6.42 Å². The van der Waals surface area contributed by atoms with Crippen molar-refractivity contribution in [2.75, 3.05) is 5.88 Å². The normalized spacial score (nSPS) is 10.2. The first kappa shape index (κ1) is 9.69. The molecule has 3 heteroatoms. The summed E-state index contributed by atoms with van der Waals surface area (Å²) in [5, 5.41) is 9.84. The Labute approximate surface area is 81.9 Å². The van der Waals surface area contributed by atoms with Gasteiger partial charge in [0.25, 0.3) is 0 Å². The highest BCUT2D eigenvalue weighted by Crippen LogP contribution is 2.22. The predicted octanol–water partition coefficient (Wildman–Crippen LogP) is 3.22. The van der Waals surface area contributed by atoms with Crippen molar-refractivity contribution >= 4 is 23.2 Å². The van der Waals surface area contributed by atoms with Gasteiger partial charge in [0.2, 0.25) is 0 Å². The fourth-order valence-electron chi connectivity index (χ4n) is 1.01. The Kier molecular flexibility index (Phi) is 3.70. The van der Waals surface area contributed by atoms with Gasteiger partial charge in [-0.1, -0.05) is 11.6 Å². The van der Waals surface area contributed by atoms with Crippen molar-refractivity contribution in [3.8, 4) is 5.75 Å². The largest absolute Gasteiger partial charge is 0.508 e. The zero-order valence-corrected chi connectivity index (χ0v) is 8.07. The number of alkyl halides is 1. The van der Waals surface area contributed by atoms with Gasteiger partial charge in [-0.15, -0.1) is 11.6 Å². The van der Waals surface area contributed by atoms with Crippen LogP contribution >= 0.6 is 23.2 Å². The summed E-state index contributed by atoms with van der Waals surface area (Å²) in [6, 6.07) is 4.95. The Balaban J connectivity index is 2.75. The molecule has 0 atom stereocenters. The molecule has 12 heavy (non-hydrogen) atoms. The first-order valence-electron chi connectivity index (χ1n) is 3.77. The third-order valence-electron chi connectivity index (χ3n) is 1.61. The number of hydrogen-bond donors (Lipinski definition) is 1. The van der Waals surface area contributed by atoms with E-state index in [1.807, 2.05) is 0 Å². The highest BCUT2D eigenvalue weighted by molar-refractivity contribution is 6.31. The molecule has 0 heterocycles. The molecule has 0 aromatic heterocycles. The number of phenols is 1. The van der Waals surface area contributed by atoms with Crippen molar-refractivity contribution in [3.05, 3.63) is 28.8 Å². The van der Waals surface area contributed by atoms with Gasteiger partial charge in [0.1, 0.15) is 5.75 Å². The molecule has 66 valence electrons. The Morgan fingerprint density at radius 2 is 2.08 bits per heavy atom. The molecule has 0 aliphatic carbocycles. The SMILES string of the molecule is Oc1ccc(Cl)c(CCCCl)c1. The van der Waals surface area contributed by atoms with Gasteiger partial charge in [0, 0.05) is 10.9 Å². The molecule has 0 radical (unpaired) electrons. The number of benzene rings is 1. The van der Waals surface area contributed by atoms with Crippen LogP contribution in [0.3, 0.4) is 0 Å². The van der Waals surface area contributed by atoms with Gasteiger partial charge in [-0.2, -0.15) is 0 Å². The zero-order valence-electron chi connectivity index (χ0n) is 6.56. The van der Waals surface area contributed by atoms with E-state index in [9.17, 15) is 0 Å². The van der Waals surface area contributed by atoms with Gasteiger partial charge >= 0.3 is 0 Å². The standard InChI is InChI=1S/C9H10Cl2O/c10-5-1-2-7-6-8(12)3-4-9(7)11/h3-4,6,12H,1-2,5H2. The molecule has 0 aliphatic rings. The first-order valence-corrected chi connectivity index (χ1v) is 4.68. The lowest BCUT2D eigenvalue weighted by atomic mass is 10.1. The second-order valence-electron chi connectivity index (χ2n) is 2.57. The highest BCUT2D eigenvalue weighted by atomic mass is 35.5. The van der Waals surface area contributed by atoms with E-state index >= 15 is 0 Å². The van der Waals surface area contributed by atoms with E-state index in [2.05, 4.69) is 0 Å². The van der Waals surface area contributed by atoms with Gasteiger partial charge in [-0.25, -0.2) is 0 Å². The van der Waals surface area contributed by atoms with Crippen LogP contribution in [-0.4, -0.2) is 11.0 Å². The van der Waals surface area contributed by atoms with Crippen LogP contribution in [0.1, 0.15) is 12.0 Å². The minimum Gasteiger partial charge on any atom is -0.508 e. The van der Waals surface area contributed by atoms with E-state index in [-0.39, 0.29) is 5.75 Å². The molecular weight excluding hydrogens is 195 g/mol. The highest BCUT2D eigenvalue weighted by Gasteiger charge is 2.00. The molecule has 0 unspecified atom stereocenters. The van der Waals surface area contributed by atoms with Gasteiger partial charge < -0.3 is 5.11 Å². The molecule has 0 bridgehead atoms. The van der Waals surface area contributed by atoms with E-state index in [4.69, 9.17) is 28.3 Å². The second-order valence-corrected chi connectivity index (χ2v) is 3.35. The maximum atomic E-state index is 9.15. The second kappa shape index (κ2) is 4.58. The maximum Gasteiger partial charge on any atom is 0.115 e. The summed E-state index contributed by atoms with van der Waals surface area (Å²) in [5.41, 5.74) is 0.956. The summed E-state index contributed by atoms with van der Waals surface area (Å²) in [5.74, 6) is 0.871. The Morgan fingerprint density at radius 1 is 1.33 bits per heavy atom. The molecule has 1 nitrogen and oxygen atoms in total. The summed E-state index contributed by atoms with van der Waals surface area (Å²) in [4.78, 5) is 0. The monoisotopic (exact) mass is 204 g/mol. The van der Waals surface area contributed by atoms with Crippen LogP contribution in [0.4, 0.5) is 0 Å². The van der Waals surface area contributed by atoms with Gasteiger partial charge in [-0.05, 0) is 36.6 Å². The number of phenolic OH excluding ortho intramolecular Hbond substituents is 1. The molecular formula is C9H10Cl2O. The minimum atomic E-state index is 0.254. The third kappa shape index (κ3) is 2.58. The van der Waals surface area contributed by atoms with Gasteiger partial charge in [0.05, 0.1) is 0 Å². The van der Waals surface area contributed by atoms with Crippen LogP contribution < -0.4 is 0 Å². The Bertz CT molecular complexity index is 261. The number of hydrogen-bond acceptors (Lipinski definition) is 1. The van der Waals surface area contributed by atoms with E-state index in [1.54, 1.807) is 18.2 Å². The predicted molar refractivity (Wildman–Crippen MR) is 52.2 cm³/mol. The van der Waals surface area contributed by atoms with Crippen molar-refractivity contribution in [3.63, 3.8) is 0 Å². The Morgan fingerprint density at radius 3 is 2.75 bits per heavy atom. The van der Waals surface area contributed by atoms with Crippen LogP contribution in [0.15, 0.2) is 18.2 Å². The molecule has 1 N–H and O–H groups in total. The molecule has 0 fully saturated rings. The lowest BCUT2D eigenvalue weighted by Crippen LogP contribution is -1.87. The summed E-state index contributed by atoms with van der Waals surface area (Å²) in [6.07, 6.45) is 1.70. The summed E-state index contributed by atoms with van der Waals surface area (Å²) >= 11 is 11.4. The maximum absolute atomic E-state index is 9.15. The molecule has 0 amide bonds. The van der Waals surface area contributed by atoms with Crippen molar-refractivity contribution in [2.45, 2.75) is 12.8 Å². The Hall–Kier alpha value is -0.400. The fourth-order valence-corrected chi connectivity index (χ4v) is 1.36. The van der Waals surface area contributed by atoms with Gasteiger partial charge in [-0.3, -0.25) is 0 Å². The molecule has 1 aromatic rings. The third-order valence-corrected chi connectivity index (χ3v) is 2.25. The molecule has 0 aliphatic heterocycles. The lowest BCUT2D eigenvalue weighted by Gasteiger charge is -2.02. The summed E-state index contributed by atoms with van der Waals surface area (Å²) in [6.45, 7) is 0. The average molecular weight is 205 g/mol. The van der Waals surface area contributed by atoms with E-state index in [0.29, 0.717) is 10.9 Å². The van der Waals surface area contributed by atoms with Crippen molar-refractivity contribution in [2.24, 2.45) is 0 Å². The smallest absolute Gasteiger partial charge is 0.115 e. The van der Waals surface area contributed by atoms with Crippen molar-refractivity contribution in [1.29, 1.82) is 0 Å². The number of halogens is 2. The zero-order chi connectivity index (χ0) is 8.97. The van der Waals surface area contributed by atoms with Crippen molar-refractivity contribution < 1.29 is 5.11 Å². The first-order chi connectivity index (χ1) is 5.74. The van der Waals surface area contributed by atoms with E-state index in [0.717, 1.165) is 18.4 Å². The number of rotatable bonds is 3. The van der Waals surface area contributed by atoms with Crippen molar-refractivity contribution in [1.82, 2.24) is 0 Å². The fraction of sp³-hybridized carbons (Fsp3) is 0.333. The average Bonchev–Trinajstić information content (AvgIpc) is 2.07. The van der Waals surface area contributed by atoms with Crippen LogP contribution in [0.5, 0.6) is 5.75 Å². The molecule has 1 aromatic carbocycles. The number of aromatic hydroxyl groups is 1.